The number of aromatic nitrogens is 4. The highest BCUT2D eigenvalue weighted by Gasteiger charge is 2.13. The molecule has 0 radical (unpaired) electrons. The quantitative estimate of drug-likeness (QED) is 0.751. The summed E-state index contributed by atoms with van der Waals surface area (Å²) in [5.74, 6) is -0.264. The molecule has 0 bridgehead atoms. The van der Waals surface area contributed by atoms with Crippen molar-refractivity contribution in [2.75, 3.05) is 5.32 Å². The van der Waals surface area contributed by atoms with Crippen LogP contribution in [0.4, 0.5) is 5.69 Å². The van der Waals surface area contributed by atoms with Crippen LogP contribution in [-0.4, -0.2) is 25.9 Å². The second-order valence-electron chi connectivity index (χ2n) is 4.96. The second kappa shape index (κ2) is 6.15. The fourth-order valence-electron chi connectivity index (χ4n) is 2.14. The van der Waals surface area contributed by atoms with Crippen molar-refractivity contribution in [2.45, 2.75) is 13.5 Å². The van der Waals surface area contributed by atoms with E-state index in [2.05, 4.69) is 61.7 Å². The van der Waals surface area contributed by atoms with Crippen LogP contribution in [0.5, 0.6) is 0 Å². The Labute approximate surface area is 135 Å². The smallest absolute Gasteiger partial charge is 0.274 e. The summed E-state index contributed by atoms with van der Waals surface area (Å²) < 4.78 is 2.41. The Morgan fingerprint density at radius 1 is 1.41 bits per heavy atom. The number of nitrogens with zero attached hydrogens (tertiary/aromatic N) is 3. The number of rotatable bonds is 4. The summed E-state index contributed by atoms with van der Waals surface area (Å²) in [6.07, 6.45) is 4.96. The maximum absolute atomic E-state index is 12.1. The number of halogens is 1. The lowest BCUT2D eigenvalue weighted by atomic mass is 10.1. The van der Waals surface area contributed by atoms with Gasteiger partial charge in [0.2, 0.25) is 0 Å². The van der Waals surface area contributed by atoms with Crippen molar-refractivity contribution in [3.63, 3.8) is 0 Å². The molecule has 3 aromatic rings. The number of aryl methyl sites for hydroxylation is 1. The van der Waals surface area contributed by atoms with Crippen molar-refractivity contribution in [1.29, 1.82) is 0 Å². The molecule has 112 valence electrons. The van der Waals surface area contributed by atoms with E-state index in [1.165, 1.54) is 11.8 Å². The molecule has 1 aromatic carbocycles. The molecule has 0 atom stereocenters. The number of H-pyrrole nitrogens is 1. The van der Waals surface area contributed by atoms with Gasteiger partial charge in [0.05, 0.1) is 29.1 Å². The zero-order valence-electron chi connectivity index (χ0n) is 11.9. The van der Waals surface area contributed by atoms with E-state index < -0.39 is 0 Å². The molecule has 0 saturated heterocycles. The number of carbonyl (C=O) groups is 1. The van der Waals surface area contributed by atoms with Gasteiger partial charge < -0.3 is 5.32 Å². The third-order valence-corrected chi connectivity index (χ3v) is 3.74. The van der Waals surface area contributed by atoms with Gasteiger partial charge in [0, 0.05) is 6.20 Å². The van der Waals surface area contributed by atoms with Gasteiger partial charge in [0.25, 0.3) is 5.91 Å². The maximum Gasteiger partial charge on any atom is 0.274 e. The lowest BCUT2D eigenvalue weighted by molar-refractivity contribution is 0.102. The minimum absolute atomic E-state index is 0.264. The van der Waals surface area contributed by atoms with Gasteiger partial charge in [-0.2, -0.15) is 10.2 Å². The van der Waals surface area contributed by atoms with Gasteiger partial charge in [-0.1, -0.05) is 29.8 Å². The lowest BCUT2D eigenvalue weighted by Gasteiger charge is -2.03. The van der Waals surface area contributed by atoms with Gasteiger partial charge in [-0.15, -0.1) is 0 Å². The molecule has 0 saturated carbocycles. The van der Waals surface area contributed by atoms with E-state index in [1.807, 2.05) is 6.07 Å². The minimum atomic E-state index is -0.264. The van der Waals surface area contributed by atoms with Gasteiger partial charge >= 0.3 is 0 Å². The summed E-state index contributed by atoms with van der Waals surface area (Å²) in [7, 11) is 0. The maximum atomic E-state index is 12.1. The molecule has 3 rings (SSSR count). The second-order valence-corrected chi connectivity index (χ2v) is 5.82. The third-order valence-electron chi connectivity index (χ3n) is 3.14. The molecule has 0 unspecified atom stereocenters. The van der Waals surface area contributed by atoms with Crippen molar-refractivity contribution in [1.82, 2.24) is 20.0 Å². The molecule has 7 heteroatoms. The number of carbonyl (C=O) groups excluding carboxylic acids is 1. The van der Waals surface area contributed by atoms with Crippen LogP contribution in [0.3, 0.4) is 0 Å². The summed E-state index contributed by atoms with van der Waals surface area (Å²) in [4.78, 5) is 12.1. The van der Waals surface area contributed by atoms with Crippen molar-refractivity contribution in [3.8, 4) is 0 Å². The number of aromatic amines is 1. The lowest BCUT2D eigenvalue weighted by Crippen LogP contribution is -2.12. The summed E-state index contributed by atoms with van der Waals surface area (Å²) in [5.41, 5.74) is 3.39. The Balaban J connectivity index is 1.69. The fourth-order valence-corrected chi connectivity index (χ4v) is 2.51. The summed E-state index contributed by atoms with van der Waals surface area (Å²) >= 11 is 3.26. The average Bonchev–Trinajstić information content (AvgIpc) is 3.08. The third kappa shape index (κ3) is 3.25. The first kappa shape index (κ1) is 14.5. The van der Waals surface area contributed by atoms with Crippen molar-refractivity contribution in [2.24, 2.45) is 0 Å². The number of hydrogen-bond acceptors (Lipinski definition) is 3. The van der Waals surface area contributed by atoms with E-state index in [4.69, 9.17) is 0 Å². The first-order valence-corrected chi connectivity index (χ1v) is 7.49. The van der Waals surface area contributed by atoms with E-state index in [-0.39, 0.29) is 5.91 Å². The first-order chi connectivity index (χ1) is 10.6. The largest absolute Gasteiger partial charge is 0.318 e. The van der Waals surface area contributed by atoms with E-state index >= 15 is 0 Å². The van der Waals surface area contributed by atoms with Crippen LogP contribution >= 0.6 is 15.9 Å². The average molecular weight is 360 g/mol. The van der Waals surface area contributed by atoms with Crippen LogP contribution in [0.15, 0.2) is 47.3 Å². The van der Waals surface area contributed by atoms with Gasteiger partial charge in [-0.05, 0) is 28.4 Å². The SMILES string of the molecule is Cc1cccc(Cn2cc(NC(=O)c3[nH]ncc3Br)cn2)c1. The monoisotopic (exact) mass is 359 g/mol. The minimum Gasteiger partial charge on any atom is -0.318 e. The number of anilines is 1. The number of hydrogen-bond donors (Lipinski definition) is 2. The molecule has 2 heterocycles. The molecule has 0 aliphatic carbocycles. The van der Waals surface area contributed by atoms with Crippen molar-refractivity contribution in [3.05, 3.63) is 64.1 Å². The number of benzene rings is 1. The van der Waals surface area contributed by atoms with Crippen molar-refractivity contribution < 1.29 is 4.79 Å². The number of amides is 1. The molecule has 22 heavy (non-hydrogen) atoms. The molecular formula is C15H14BrN5O. The topological polar surface area (TPSA) is 75.6 Å². The molecule has 6 nitrogen and oxygen atoms in total. The predicted molar refractivity (Wildman–Crippen MR) is 86.7 cm³/mol. The van der Waals surface area contributed by atoms with Crippen LogP contribution < -0.4 is 5.32 Å². The van der Waals surface area contributed by atoms with Crippen LogP contribution in [0.25, 0.3) is 0 Å². The standard InChI is InChI=1S/C15H14BrN5O/c1-10-3-2-4-11(5-10)8-21-9-12(6-18-21)19-15(22)14-13(16)7-17-20-14/h2-7,9H,8H2,1H3,(H,17,20)(H,19,22). The molecule has 0 spiro atoms. The Hall–Kier alpha value is -2.41. The normalized spacial score (nSPS) is 10.6. The van der Waals surface area contributed by atoms with E-state index in [0.717, 1.165) is 5.56 Å². The summed E-state index contributed by atoms with van der Waals surface area (Å²) in [6.45, 7) is 2.71. The Morgan fingerprint density at radius 2 is 2.27 bits per heavy atom. The molecule has 0 aliphatic rings. The van der Waals surface area contributed by atoms with E-state index in [0.29, 0.717) is 22.4 Å². The predicted octanol–water partition coefficient (Wildman–Crippen LogP) is 2.98. The van der Waals surface area contributed by atoms with Crippen LogP contribution in [0, 0.1) is 6.92 Å². The molecule has 2 aromatic heterocycles. The van der Waals surface area contributed by atoms with E-state index in [9.17, 15) is 4.79 Å². The van der Waals surface area contributed by atoms with Crippen molar-refractivity contribution >= 4 is 27.5 Å². The summed E-state index contributed by atoms with van der Waals surface area (Å²) in [6, 6.07) is 8.24. The molecule has 1 amide bonds. The highest BCUT2D eigenvalue weighted by Crippen LogP contribution is 2.15. The molecule has 0 aliphatic heterocycles. The highest BCUT2D eigenvalue weighted by molar-refractivity contribution is 9.10. The molecule has 2 N–H and O–H groups in total. The van der Waals surface area contributed by atoms with Gasteiger partial charge in [-0.3, -0.25) is 14.6 Å². The van der Waals surface area contributed by atoms with Crippen LogP contribution in [-0.2, 0) is 6.54 Å². The van der Waals surface area contributed by atoms with Gasteiger partial charge in [-0.25, -0.2) is 0 Å². The zero-order valence-corrected chi connectivity index (χ0v) is 13.5. The Kier molecular flexibility index (Phi) is 4.06. The highest BCUT2D eigenvalue weighted by atomic mass is 79.9. The first-order valence-electron chi connectivity index (χ1n) is 6.70. The van der Waals surface area contributed by atoms with Crippen LogP contribution in [0.1, 0.15) is 21.6 Å². The molecule has 0 fully saturated rings. The van der Waals surface area contributed by atoms with Crippen LogP contribution in [0.2, 0.25) is 0 Å². The Morgan fingerprint density at radius 3 is 3.00 bits per heavy atom. The Bertz CT molecular complexity index is 808. The fraction of sp³-hybridized carbons (Fsp3) is 0.133. The zero-order chi connectivity index (χ0) is 15.5. The summed E-state index contributed by atoms with van der Waals surface area (Å²) in [5, 5.41) is 13.5. The van der Waals surface area contributed by atoms with Gasteiger partial charge in [0.15, 0.2) is 0 Å². The molecular weight excluding hydrogens is 346 g/mol. The number of nitrogens with one attached hydrogen (secondary N) is 2. The van der Waals surface area contributed by atoms with E-state index in [1.54, 1.807) is 17.1 Å². The van der Waals surface area contributed by atoms with Gasteiger partial charge in [0.1, 0.15) is 5.69 Å².